The van der Waals surface area contributed by atoms with Crippen molar-refractivity contribution in [2.75, 3.05) is 0 Å². The zero-order valence-corrected chi connectivity index (χ0v) is 17.1. The molecule has 0 spiro atoms. The second kappa shape index (κ2) is 11.5. The van der Waals surface area contributed by atoms with Crippen molar-refractivity contribution >= 4 is 11.8 Å². The third kappa shape index (κ3) is 6.99. The zero-order chi connectivity index (χ0) is 20.2. The van der Waals surface area contributed by atoms with Gasteiger partial charge in [0.2, 0.25) is 0 Å². The standard InChI is InChI=1S/C23H33N3O2/c1-2-3-4-5-6-7-8-9-10-12-19-13-11-14-20(17-19)21(27)25-26-22(28)23(18-24)15-16-23/h11,13-14,17H,2-10,12,15-16H2,1H3,(H,25,27)(H,26,28). The Morgan fingerprint density at radius 3 is 2.25 bits per heavy atom. The van der Waals surface area contributed by atoms with Gasteiger partial charge in [-0.05, 0) is 43.4 Å². The lowest BCUT2D eigenvalue weighted by Gasteiger charge is -2.10. The Kier molecular flexibility index (Phi) is 9.00. The number of benzene rings is 1. The summed E-state index contributed by atoms with van der Waals surface area (Å²) in [7, 11) is 0. The van der Waals surface area contributed by atoms with Gasteiger partial charge in [-0.1, -0.05) is 70.4 Å². The molecular weight excluding hydrogens is 350 g/mol. The SMILES string of the molecule is CCCCCCCCCCCc1cccc(C(=O)NNC(=O)C2(C#N)CC2)c1. The van der Waals surface area contributed by atoms with Gasteiger partial charge < -0.3 is 0 Å². The summed E-state index contributed by atoms with van der Waals surface area (Å²) < 4.78 is 0. The molecule has 1 aromatic carbocycles. The third-order valence-electron chi connectivity index (χ3n) is 5.45. The Morgan fingerprint density at radius 1 is 1.00 bits per heavy atom. The quantitative estimate of drug-likeness (QED) is 0.401. The first-order valence-electron chi connectivity index (χ1n) is 10.7. The van der Waals surface area contributed by atoms with Gasteiger partial charge in [-0.2, -0.15) is 5.26 Å². The van der Waals surface area contributed by atoms with Crippen LogP contribution in [0.2, 0.25) is 0 Å². The van der Waals surface area contributed by atoms with Crippen LogP contribution in [0.4, 0.5) is 0 Å². The average Bonchev–Trinajstić information content (AvgIpc) is 3.52. The fourth-order valence-electron chi connectivity index (χ4n) is 3.33. The normalized spacial score (nSPS) is 14.1. The van der Waals surface area contributed by atoms with E-state index in [1.54, 1.807) is 6.07 Å². The average molecular weight is 384 g/mol. The maximum Gasteiger partial charge on any atom is 0.269 e. The molecule has 1 aliphatic rings. The highest BCUT2D eigenvalue weighted by Gasteiger charge is 2.50. The van der Waals surface area contributed by atoms with Crippen LogP contribution in [0.15, 0.2) is 24.3 Å². The van der Waals surface area contributed by atoms with Gasteiger partial charge in [0.05, 0.1) is 6.07 Å². The summed E-state index contributed by atoms with van der Waals surface area (Å²) in [5.74, 6) is -0.773. The minimum atomic E-state index is -0.939. The number of hydrogen-bond acceptors (Lipinski definition) is 3. The van der Waals surface area contributed by atoms with Gasteiger partial charge in [0.15, 0.2) is 0 Å². The number of nitrogens with zero attached hydrogens (tertiary/aromatic N) is 1. The van der Waals surface area contributed by atoms with Crippen molar-refractivity contribution in [3.05, 3.63) is 35.4 Å². The van der Waals surface area contributed by atoms with Crippen LogP contribution in [0, 0.1) is 16.7 Å². The fourth-order valence-corrected chi connectivity index (χ4v) is 3.33. The van der Waals surface area contributed by atoms with E-state index in [0.717, 1.165) is 18.4 Å². The van der Waals surface area contributed by atoms with E-state index in [-0.39, 0.29) is 5.91 Å². The maximum absolute atomic E-state index is 12.3. The molecule has 0 radical (unpaired) electrons. The number of nitrogens with one attached hydrogen (secondary N) is 2. The third-order valence-corrected chi connectivity index (χ3v) is 5.45. The number of carbonyl (C=O) groups is 2. The first-order chi connectivity index (χ1) is 13.6. The predicted octanol–water partition coefficient (Wildman–Crippen LogP) is 4.82. The van der Waals surface area contributed by atoms with Crippen molar-refractivity contribution in [1.82, 2.24) is 10.9 Å². The molecule has 0 bridgehead atoms. The molecule has 1 aliphatic carbocycles. The van der Waals surface area contributed by atoms with Crippen molar-refractivity contribution in [2.24, 2.45) is 5.41 Å². The molecule has 1 saturated carbocycles. The molecule has 0 saturated heterocycles. The second-order valence-electron chi connectivity index (χ2n) is 7.88. The number of nitriles is 1. The van der Waals surface area contributed by atoms with Crippen LogP contribution >= 0.6 is 0 Å². The molecular formula is C23H33N3O2. The Morgan fingerprint density at radius 2 is 1.64 bits per heavy atom. The molecule has 5 heteroatoms. The van der Waals surface area contributed by atoms with Crippen LogP contribution in [0.5, 0.6) is 0 Å². The number of amides is 2. The summed E-state index contributed by atoms with van der Waals surface area (Å²) in [6, 6.07) is 9.53. The van der Waals surface area contributed by atoms with Crippen LogP contribution in [0.1, 0.15) is 93.5 Å². The van der Waals surface area contributed by atoms with E-state index in [1.807, 2.05) is 24.3 Å². The molecule has 1 aromatic rings. The van der Waals surface area contributed by atoms with E-state index >= 15 is 0 Å². The van der Waals surface area contributed by atoms with Gasteiger partial charge in [0.25, 0.3) is 11.8 Å². The van der Waals surface area contributed by atoms with Crippen molar-refractivity contribution in [3.8, 4) is 6.07 Å². The molecule has 0 aromatic heterocycles. The van der Waals surface area contributed by atoms with Gasteiger partial charge in [0.1, 0.15) is 5.41 Å². The molecule has 0 aliphatic heterocycles. The summed E-state index contributed by atoms with van der Waals surface area (Å²) in [5, 5.41) is 9.01. The van der Waals surface area contributed by atoms with Gasteiger partial charge in [-0.3, -0.25) is 20.4 Å². The lowest BCUT2D eigenvalue weighted by atomic mass is 10.0. The lowest BCUT2D eigenvalue weighted by Crippen LogP contribution is -2.45. The highest BCUT2D eigenvalue weighted by molar-refractivity contribution is 5.97. The minimum Gasteiger partial charge on any atom is -0.271 e. The first-order valence-corrected chi connectivity index (χ1v) is 10.7. The predicted molar refractivity (Wildman–Crippen MR) is 110 cm³/mol. The van der Waals surface area contributed by atoms with Crippen LogP contribution in [0.3, 0.4) is 0 Å². The molecule has 2 amide bonds. The highest BCUT2D eigenvalue weighted by atomic mass is 16.2. The number of unbranched alkanes of at least 4 members (excludes halogenated alkanes) is 8. The monoisotopic (exact) mass is 383 g/mol. The van der Waals surface area contributed by atoms with Gasteiger partial charge in [-0.15, -0.1) is 0 Å². The molecule has 28 heavy (non-hydrogen) atoms. The van der Waals surface area contributed by atoms with Crippen molar-refractivity contribution in [1.29, 1.82) is 5.26 Å². The van der Waals surface area contributed by atoms with E-state index in [1.165, 1.54) is 51.4 Å². The Balaban J connectivity index is 1.65. The van der Waals surface area contributed by atoms with E-state index in [0.29, 0.717) is 18.4 Å². The fraction of sp³-hybridized carbons (Fsp3) is 0.609. The molecule has 152 valence electrons. The molecule has 0 unspecified atom stereocenters. The van der Waals surface area contributed by atoms with E-state index < -0.39 is 11.3 Å². The molecule has 5 nitrogen and oxygen atoms in total. The van der Waals surface area contributed by atoms with E-state index in [9.17, 15) is 9.59 Å². The summed E-state index contributed by atoms with van der Waals surface area (Å²) in [5.41, 5.74) is 5.52. The maximum atomic E-state index is 12.3. The number of rotatable bonds is 12. The lowest BCUT2D eigenvalue weighted by molar-refractivity contribution is -0.125. The van der Waals surface area contributed by atoms with Crippen molar-refractivity contribution in [2.45, 2.75) is 84.0 Å². The topological polar surface area (TPSA) is 82.0 Å². The number of hydrazine groups is 1. The van der Waals surface area contributed by atoms with Crippen LogP contribution < -0.4 is 10.9 Å². The van der Waals surface area contributed by atoms with E-state index in [2.05, 4.69) is 17.8 Å². The van der Waals surface area contributed by atoms with Crippen LogP contribution in [0.25, 0.3) is 0 Å². The van der Waals surface area contributed by atoms with Crippen molar-refractivity contribution in [3.63, 3.8) is 0 Å². The van der Waals surface area contributed by atoms with Crippen molar-refractivity contribution < 1.29 is 9.59 Å². The van der Waals surface area contributed by atoms with Gasteiger partial charge >= 0.3 is 0 Å². The van der Waals surface area contributed by atoms with Gasteiger partial charge in [0, 0.05) is 5.56 Å². The van der Waals surface area contributed by atoms with Crippen LogP contribution in [-0.2, 0) is 11.2 Å². The number of carbonyl (C=O) groups excluding carboxylic acids is 2. The van der Waals surface area contributed by atoms with Crippen LogP contribution in [-0.4, -0.2) is 11.8 Å². The van der Waals surface area contributed by atoms with E-state index in [4.69, 9.17) is 5.26 Å². The molecule has 1 fully saturated rings. The molecule has 2 rings (SSSR count). The summed E-state index contributed by atoms with van der Waals surface area (Å²) in [4.78, 5) is 24.2. The van der Waals surface area contributed by atoms with Gasteiger partial charge in [-0.25, -0.2) is 0 Å². The second-order valence-corrected chi connectivity index (χ2v) is 7.88. The summed E-state index contributed by atoms with van der Waals surface area (Å²) in [6.45, 7) is 2.24. The molecule has 0 atom stereocenters. The largest absolute Gasteiger partial charge is 0.271 e. The Labute approximate surface area is 168 Å². The Bertz CT molecular complexity index is 689. The highest BCUT2D eigenvalue weighted by Crippen LogP contribution is 2.44. The summed E-state index contributed by atoms with van der Waals surface area (Å²) in [6.07, 6.45) is 13.7. The molecule has 0 heterocycles. The minimum absolute atomic E-state index is 0.351. The smallest absolute Gasteiger partial charge is 0.269 e. The first kappa shape index (κ1) is 21.9. The zero-order valence-electron chi connectivity index (χ0n) is 17.1. The molecule has 2 N–H and O–H groups in total. The number of hydrogen-bond donors (Lipinski definition) is 2. The summed E-state index contributed by atoms with van der Waals surface area (Å²) >= 11 is 0. The number of aryl methyl sites for hydroxylation is 1. The Hall–Kier alpha value is -2.35.